The van der Waals surface area contributed by atoms with Crippen LogP contribution in [0.15, 0.2) is 64.9 Å². The van der Waals surface area contributed by atoms with Gasteiger partial charge in [-0.15, -0.1) is 11.3 Å². The largest absolute Gasteiger partial charge is 0.295 e. The second kappa shape index (κ2) is 8.13. The molecule has 0 bridgehead atoms. The number of aromatic nitrogens is 1. The number of aryl methyl sites for hydroxylation is 1. The molecule has 1 aliphatic heterocycles. The molecule has 3 aromatic rings. The molecule has 7 heteroatoms. The highest BCUT2D eigenvalue weighted by Gasteiger charge is 2.28. The van der Waals surface area contributed by atoms with E-state index in [9.17, 15) is 8.42 Å². The average Bonchev–Trinajstić information content (AvgIpc) is 3.18. The Morgan fingerprint density at radius 3 is 2.32 bits per heavy atom. The van der Waals surface area contributed by atoms with Crippen LogP contribution >= 0.6 is 11.3 Å². The van der Waals surface area contributed by atoms with Gasteiger partial charge in [0.25, 0.3) is 0 Å². The van der Waals surface area contributed by atoms with E-state index in [1.807, 2.05) is 6.07 Å². The van der Waals surface area contributed by atoms with Gasteiger partial charge in [0.05, 0.1) is 10.6 Å². The third kappa shape index (κ3) is 4.17. The van der Waals surface area contributed by atoms with E-state index in [4.69, 9.17) is 4.98 Å². The number of sulfonamides is 1. The van der Waals surface area contributed by atoms with Crippen molar-refractivity contribution in [2.45, 2.75) is 18.4 Å². The van der Waals surface area contributed by atoms with Gasteiger partial charge < -0.3 is 0 Å². The summed E-state index contributed by atoms with van der Waals surface area (Å²) < 4.78 is 27.0. The van der Waals surface area contributed by atoms with E-state index in [2.05, 4.69) is 41.5 Å². The lowest BCUT2D eigenvalue weighted by Crippen LogP contribution is -2.48. The Hall–Kier alpha value is -2.06. The van der Waals surface area contributed by atoms with Crippen LogP contribution in [0.4, 0.5) is 0 Å². The lowest BCUT2D eigenvalue weighted by Gasteiger charge is -2.33. The van der Waals surface area contributed by atoms with E-state index in [1.54, 1.807) is 39.9 Å². The number of hydrogen-bond acceptors (Lipinski definition) is 5. The van der Waals surface area contributed by atoms with Crippen molar-refractivity contribution in [2.75, 3.05) is 26.2 Å². The molecule has 0 amide bonds. The molecular formula is C21H23N3O2S2. The standard InChI is InChI=1S/C21H23N3O2S2/c1-17-7-9-18(10-8-17)21-22-19(16-27-21)15-23-11-13-24(14-12-23)28(25,26)20-5-3-2-4-6-20/h2-10,16H,11-15H2,1H3. The molecule has 0 N–H and O–H groups in total. The summed E-state index contributed by atoms with van der Waals surface area (Å²) in [6, 6.07) is 17.1. The predicted molar refractivity (Wildman–Crippen MR) is 113 cm³/mol. The quantitative estimate of drug-likeness (QED) is 0.641. The molecule has 0 aliphatic carbocycles. The van der Waals surface area contributed by atoms with Crippen LogP contribution in [0.2, 0.25) is 0 Å². The molecule has 28 heavy (non-hydrogen) atoms. The zero-order chi connectivity index (χ0) is 19.6. The van der Waals surface area contributed by atoms with Crippen LogP contribution in [-0.4, -0.2) is 48.8 Å². The minimum Gasteiger partial charge on any atom is -0.295 e. The van der Waals surface area contributed by atoms with Crippen molar-refractivity contribution in [3.8, 4) is 10.6 Å². The van der Waals surface area contributed by atoms with Gasteiger partial charge in [-0.05, 0) is 19.1 Å². The van der Waals surface area contributed by atoms with Gasteiger partial charge in [0.15, 0.2) is 0 Å². The Morgan fingerprint density at radius 1 is 0.964 bits per heavy atom. The van der Waals surface area contributed by atoms with E-state index < -0.39 is 10.0 Å². The lowest BCUT2D eigenvalue weighted by molar-refractivity contribution is 0.180. The lowest BCUT2D eigenvalue weighted by atomic mass is 10.2. The van der Waals surface area contributed by atoms with Crippen molar-refractivity contribution < 1.29 is 8.42 Å². The van der Waals surface area contributed by atoms with Crippen LogP contribution in [0, 0.1) is 6.92 Å². The fraction of sp³-hybridized carbons (Fsp3) is 0.286. The van der Waals surface area contributed by atoms with E-state index in [1.165, 1.54) is 5.56 Å². The maximum atomic E-state index is 12.7. The molecule has 2 aromatic carbocycles. The van der Waals surface area contributed by atoms with Crippen LogP contribution in [0.5, 0.6) is 0 Å². The monoisotopic (exact) mass is 413 g/mol. The molecule has 0 saturated carbocycles. The van der Waals surface area contributed by atoms with Crippen LogP contribution < -0.4 is 0 Å². The van der Waals surface area contributed by atoms with Crippen LogP contribution in [0.25, 0.3) is 10.6 Å². The summed E-state index contributed by atoms with van der Waals surface area (Å²) >= 11 is 1.66. The smallest absolute Gasteiger partial charge is 0.243 e. The summed E-state index contributed by atoms with van der Waals surface area (Å²) in [4.78, 5) is 7.40. The molecule has 5 nitrogen and oxygen atoms in total. The fourth-order valence-electron chi connectivity index (χ4n) is 3.31. The van der Waals surface area contributed by atoms with Crippen molar-refractivity contribution in [3.63, 3.8) is 0 Å². The molecule has 1 saturated heterocycles. The molecule has 4 rings (SSSR count). The first kappa shape index (κ1) is 19.3. The summed E-state index contributed by atoms with van der Waals surface area (Å²) in [5, 5.41) is 3.13. The Bertz CT molecular complexity index is 1020. The fourth-order valence-corrected chi connectivity index (χ4v) is 5.57. The minimum atomic E-state index is -3.40. The first-order valence-corrected chi connectivity index (χ1v) is 11.6. The van der Waals surface area contributed by atoms with Crippen LogP contribution in [0.1, 0.15) is 11.3 Å². The predicted octanol–water partition coefficient (Wildman–Crippen LogP) is 3.63. The highest BCUT2D eigenvalue weighted by atomic mass is 32.2. The van der Waals surface area contributed by atoms with Crippen molar-refractivity contribution in [3.05, 3.63) is 71.2 Å². The number of piperazine rings is 1. The highest BCUT2D eigenvalue weighted by molar-refractivity contribution is 7.89. The summed E-state index contributed by atoms with van der Waals surface area (Å²) in [5.74, 6) is 0. The number of thiazole rings is 1. The summed E-state index contributed by atoms with van der Waals surface area (Å²) in [6.07, 6.45) is 0. The SMILES string of the molecule is Cc1ccc(-c2nc(CN3CCN(S(=O)(=O)c4ccccc4)CC3)cs2)cc1. The zero-order valence-corrected chi connectivity index (χ0v) is 17.4. The molecule has 0 unspecified atom stereocenters. The minimum absolute atomic E-state index is 0.366. The third-order valence-electron chi connectivity index (χ3n) is 4.95. The third-order valence-corrected chi connectivity index (χ3v) is 7.80. The zero-order valence-electron chi connectivity index (χ0n) is 15.8. The Morgan fingerprint density at radius 2 is 1.64 bits per heavy atom. The molecular weight excluding hydrogens is 390 g/mol. The van der Waals surface area contributed by atoms with Gasteiger partial charge in [-0.1, -0.05) is 48.0 Å². The van der Waals surface area contributed by atoms with Gasteiger partial charge in [0, 0.05) is 43.7 Å². The van der Waals surface area contributed by atoms with E-state index >= 15 is 0 Å². The topological polar surface area (TPSA) is 53.5 Å². The van der Waals surface area contributed by atoms with Crippen molar-refractivity contribution in [1.82, 2.24) is 14.2 Å². The summed E-state index contributed by atoms with van der Waals surface area (Å²) in [6.45, 7) is 5.27. The van der Waals surface area contributed by atoms with Gasteiger partial charge >= 0.3 is 0 Å². The molecule has 0 radical (unpaired) electrons. The summed E-state index contributed by atoms with van der Waals surface area (Å²) in [7, 11) is -3.40. The molecule has 1 aliphatic rings. The summed E-state index contributed by atoms with van der Waals surface area (Å²) in [5.41, 5.74) is 3.42. The average molecular weight is 414 g/mol. The molecule has 0 atom stereocenters. The van der Waals surface area contributed by atoms with E-state index in [0.29, 0.717) is 31.1 Å². The first-order valence-electron chi connectivity index (χ1n) is 9.31. The molecule has 2 heterocycles. The van der Waals surface area contributed by atoms with Gasteiger partial charge in [0.2, 0.25) is 10.0 Å². The Kier molecular flexibility index (Phi) is 5.59. The van der Waals surface area contributed by atoms with Crippen LogP contribution in [0.3, 0.4) is 0 Å². The van der Waals surface area contributed by atoms with E-state index in [-0.39, 0.29) is 0 Å². The van der Waals surface area contributed by atoms with Gasteiger partial charge in [-0.2, -0.15) is 4.31 Å². The number of nitrogens with zero attached hydrogens (tertiary/aromatic N) is 3. The normalized spacial score (nSPS) is 16.3. The van der Waals surface area contributed by atoms with Gasteiger partial charge in [-0.3, -0.25) is 4.90 Å². The number of rotatable bonds is 5. The van der Waals surface area contributed by atoms with Crippen LogP contribution in [-0.2, 0) is 16.6 Å². The van der Waals surface area contributed by atoms with E-state index in [0.717, 1.165) is 22.8 Å². The van der Waals surface area contributed by atoms with Gasteiger partial charge in [-0.25, -0.2) is 13.4 Å². The number of hydrogen-bond donors (Lipinski definition) is 0. The molecule has 1 aromatic heterocycles. The van der Waals surface area contributed by atoms with Gasteiger partial charge in [0.1, 0.15) is 5.01 Å². The van der Waals surface area contributed by atoms with Crippen molar-refractivity contribution >= 4 is 21.4 Å². The second-order valence-electron chi connectivity index (χ2n) is 7.00. The number of benzene rings is 2. The molecule has 1 fully saturated rings. The molecule has 0 spiro atoms. The maximum Gasteiger partial charge on any atom is 0.243 e. The second-order valence-corrected chi connectivity index (χ2v) is 9.80. The molecule has 146 valence electrons. The highest BCUT2D eigenvalue weighted by Crippen LogP contribution is 2.25. The Balaban J connectivity index is 1.37. The van der Waals surface area contributed by atoms with Crippen molar-refractivity contribution in [2.24, 2.45) is 0 Å². The maximum absolute atomic E-state index is 12.7. The Labute approximate surface area is 170 Å². The first-order chi connectivity index (χ1) is 13.5. The van der Waals surface area contributed by atoms with Crippen molar-refractivity contribution in [1.29, 1.82) is 0 Å².